The molecular formula is C16H18BrN3O. The summed E-state index contributed by atoms with van der Waals surface area (Å²) in [7, 11) is 1.93. The van der Waals surface area contributed by atoms with Crippen LogP contribution in [0, 0.1) is 5.92 Å². The third-order valence-electron chi connectivity index (χ3n) is 3.91. The number of benzene rings is 1. The lowest BCUT2D eigenvalue weighted by Crippen LogP contribution is -2.48. The van der Waals surface area contributed by atoms with E-state index in [0.29, 0.717) is 11.6 Å². The molecule has 1 aromatic heterocycles. The lowest BCUT2D eigenvalue weighted by molar-refractivity contribution is 0.0934. The molecule has 4 nitrogen and oxygen atoms in total. The molecule has 0 radical (unpaired) electrons. The number of carbonyl (C=O) groups is 1. The number of rotatable bonds is 4. The summed E-state index contributed by atoms with van der Waals surface area (Å²) in [5, 5.41) is 6.21. The van der Waals surface area contributed by atoms with Crippen LogP contribution in [0.15, 0.2) is 40.9 Å². The summed E-state index contributed by atoms with van der Waals surface area (Å²) >= 11 is 3.44. The predicted octanol–water partition coefficient (Wildman–Crippen LogP) is 2.40. The zero-order chi connectivity index (χ0) is 14.8. The molecule has 0 atom stereocenters. The van der Waals surface area contributed by atoms with Crippen molar-refractivity contribution in [3.8, 4) is 11.3 Å². The van der Waals surface area contributed by atoms with Crippen molar-refractivity contribution in [3.05, 3.63) is 46.6 Å². The van der Waals surface area contributed by atoms with Crippen LogP contribution in [0.1, 0.15) is 10.5 Å². The van der Waals surface area contributed by atoms with Crippen molar-refractivity contribution in [2.45, 2.75) is 0 Å². The molecule has 0 unspecified atom stereocenters. The van der Waals surface area contributed by atoms with E-state index in [0.717, 1.165) is 35.4 Å². The van der Waals surface area contributed by atoms with Gasteiger partial charge in [-0.3, -0.25) is 4.79 Å². The minimum Gasteiger partial charge on any atom is -0.350 e. The van der Waals surface area contributed by atoms with Crippen LogP contribution in [-0.2, 0) is 7.05 Å². The van der Waals surface area contributed by atoms with E-state index >= 15 is 0 Å². The van der Waals surface area contributed by atoms with Gasteiger partial charge in [0.15, 0.2) is 0 Å². The first-order valence-electron chi connectivity index (χ1n) is 7.05. The molecule has 2 heterocycles. The van der Waals surface area contributed by atoms with Crippen LogP contribution in [-0.4, -0.2) is 30.1 Å². The van der Waals surface area contributed by atoms with Crippen LogP contribution < -0.4 is 10.6 Å². The highest BCUT2D eigenvalue weighted by Gasteiger charge is 2.19. The van der Waals surface area contributed by atoms with Crippen molar-refractivity contribution >= 4 is 21.8 Å². The van der Waals surface area contributed by atoms with Crippen LogP contribution in [0.4, 0.5) is 0 Å². The summed E-state index contributed by atoms with van der Waals surface area (Å²) in [6, 6.07) is 12.0. The van der Waals surface area contributed by atoms with E-state index in [1.807, 2.05) is 48.0 Å². The van der Waals surface area contributed by atoms with Crippen LogP contribution in [0.25, 0.3) is 11.3 Å². The molecule has 1 saturated heterocycles. The minimum absolute atomic E-state index is 0.00670. The highest BCUT2D eigenvalue weighted by molar-refractivity contribution is 9.10. The predicted molar refractivity (Wildman–Crippen MR) is 87.2 cm³/mol. The Kier molecular flexibility index (Phi) is 4.12. The average molecular weight is 348 g/mol. The fourth-order valence-electron chi connectivity index (χ4n) is 2.47. The summed E-state index contributed by atoms with van der Waals surface area (Å²) in [5.74, 6) is 0.563. The van der Waals surface area contributed by atoms with Gasteiger partial charge in [-0.2, -0.15) is 0 Å². The second kappa shape index (κ2) is 6.03. The number of hydrogen-bond donors (Lipinski definition) is 2. The zero-order valence-electron chi connectivity index (χ0n) is 11.9. The summed E-state index contributed by atoms with van der Waals surface area (Å²) in [5.41, 5.74) is 2.83. The first-order chi connectivity index (χ1) is 10.1. The number of nitrogens with one attached hydrogen (secondary N) is 2. The lowest BCUT2D eigenvalue weighted by Gasteiger charge is -2.27. The number of aromatic nitrogens is 1. The van der Waals surface area contributed by atoms with E-state index in [1.165, 1.54) is 0 Å². The monoisotopic (exact) mass is 347 g/mol. The molecule has 0 bridgehead atoms. The van der Waals surface area contributed by atoms with Crippen molar-refractivity contribution in [1.82, 2.24) is 15.2 Å². The Morgan fingerprint density at radius 1 is 1.29 bits per heavy atom. The van der Waals surface area contributed by atoms with Gasteiger partial charge in [-0.05, 0) is 29.8 Å². The molecule has 1 amide bonds. The maximum Gasteiger partial charge on any atom is 0.267 e. The fraction of sp³-hybridized carbons (Fsp3) is 0.312. The van der Waals surface area contributed by atoms with Gasteiger partial charge in [-0.25, -0.2) is 0 Å². The third kappa shape index (κ3) is 3.04. The molecule has 3 rings (SSSR count). The molecule has 2 N–H and O–H groups in total. The second-order valence-corrected chi connectivity index (χ2v) is 6.32. The van der Waals surface area contributed by atoms with Crippen molar-refractivity contribution in [1.29, 1.82) is 0 Å². The number of nitrogens with zero attached hydrogens (tertiary/aromatic N) is 1. The molecule has 1 fully saturated rings. The maximum absolute atomic E-state index is 12.2. The van der Waals surface area contributed by atoms with E-state index < -0.39 is 0 Å². The molecule has 5 heteroatoms. The Balaban J connectivity index is 1.74. The van der Waals surface area contributed by atoms with E-state index in [1.54, 1.807) is 0 Å². The van der Waals surface area contributed by atoms with Crippen molar-refractivity contribution in [2.75, 3.05) is 19.6 Å². The molecule has 0 spiro atoms. The van der Waals surface area contributed by atoms with E-state index in [9.17, 15) is 4.79 Å². The standard InChI is InChI=1S/C16H18BrN3O/c1-20-14(12-2-4-13(17)5-3-12)6-7-15(20)16(21)19-10-11-8-18-9-11/h2-7,11,18H,8-10H2,1H3,(H,19,21). The summed E-state index contributed by atoms with van der Waals surface area (Å²) in [4.78, 5) is 12.2. The van der Waals surface area contributed by atoms with E-state index in [2.05, 4.69) is 26.6 Å². The Labute approximate surface area is 132 Å². The van der Waals surface area contributed by atoms with Crippen LogP contribution in [0.2, 0.25) is 0 Å². The molecule has 1 aromatic carbocycles. The van der Waals surface area contributed by atoms with E-state index in [4.69, 9.17) is 0 Å². The molecule has 110 valence electrons. The summed E-state index contributed by atoms with van der Waals surface area (Å²) in [6.45, 7) is 2.74. The van der Waals surface area contributed by atoms with Gasteiger partial charge < -0.3 is 15.2 Å². The Bertz CT molecular complexity index is 644. The molecule has 0 saturated carbocycles. The van der Waals surface area contributed by atoms with Crippen LogP contribution in [0.5, 0.6) is 0 Å². The molecular weight excluding hydrogens is 330 g/mol. The summed E-state index contributed by atoms with van der Waals surface area (Å²) < 4.78 is 2.99. The Morgan fingerprint density at radius 3 is 2.62 bits per heavy atom. The average Bonchev–Trinajstić information content (AvgIpc) is 2.80. The van der Waals surface area contributed by atoms with Gasteiger partial charge in [0.1, 0.15) is 5.69 Å². The van der Waals surface area contributed by atoms with E-state index in [-0.39, 0.29) is 5.91 Å². The number of carbonyl (C=O) groups excluding carboxylic acids is 1. The number of amides is 1. The quantitative estimate of drug-likeness (QED) is 0.891. The topological polar surface area (TPSA) is 46.1 Å². The van der Waals surface area contributed by atoms with Gasteiger partial charge in [-0.1, -0.05) is 28.1 Å². The zero-order valence-corrected chi connectivity index (χ0v) is 13.5. The molecule has 1 aliphatic rings. The highest BCUT2D eigenvalue weighted by Crippen LogP contribution is 2.23. The van der Waals surface area contributed by atoms with Crippen molar-refractivity contribution < 1.29 is 4.79 Å². The van der Waals surface area contributed by atoms with Gasteiger partial charge in [0.2, 0.25) is 0 Å². The normalized spacial score (nSPS) is 14.8. The van der Waals surface area contributed by atoms with Gasteiger partial charge in [0.25, 0.3) is 5.91 Å². The lowest BCUT2D eigenvalue weighted by atomic mass is 10.0. The van der Waals surface area contributed by atoms with Gasteiger partial charge in [-0.15, -0.1) is 0 Å². The SMILES string of the molecule is Cn1c(C(=O)NCC2CNC2)ccc1-c1ccc(Br)cc1. The highest BCUT2D eigenvalue weighted by atomic mass is 79.9. The largest absolute Gasteiger partial charge is 0.350 e. The Morgan fingerprint density at radius 2 is 2.00 bits per heavy atom. The minimum atomic E-state index is -0.00670. The molecule has 0 aliphatic carbocycles. The van der Waals surface area contributed by atoms with Crippen molar-refractivity contribution in [2.24, 2.45) is 13.0 Å². The fourth-order valence-corrected chi connectivity index (χ4v) is 2.73. The van der Waals surface area contributed by atoms with Gasteiger partial charge in [0.05, 0.1) is 0 Å². The Hall–Kier alpha value is -1.59. The first-order valence-corrected chi connectivity index (χ1v) is 7.85. The van der Waals surface area contributed by atoms with Crippen molar-refractivity contribution in [3.63, 3.8) is 0 Å². The smallest absolute Gasteiger partial charge is 0.267 e. The van der Waals surface area contributed by atoms with Crippen LogP contribution >= 0.6 is 15.9 Å². The van der Waals surface area contributed by atoms with Gasteiger partial charge >= 0.3 is 0 Å². The summed E-state index contributed by atoms with van der Waals surface area (Å²) in [6.07, 6.45) is 0. The van der Waals surface area contributed by atoms with Crippen LogP contribution in [0.3, 0.4) is 0 Å². The molecule has 21 heavy (non-hydrogen) atoms. The molecule has 1 aliphatic heterocycles. The number of hydrogen-bond acceptors (Lipinski definition) is 2. The maximum atomic E-state index is 12.2. The number of halogens is 1. The van der Waals surface area contributed by atoms with Gasteiger partial charge in [0, 0.05) is 42.8 Å². The third-order valence-corrected chi connectivity index (χ3v) is 4.44. The second-order valence-electron chi connectivity index (χ2n) is 5.40. The first kappa shape index (κ1) is 14.4. The molecule has 2 aromatic rings.